The number of H-pyrrole nitrogens is 1. The van der Waals surface area contributed by atoms with Crippen molar-refractivity contribution in [3.63, 3.8) is 0 Å². The number of esters is 1. The Bertz CT molecular complexity index is 1000. The number of nitrogens with one attached hydrogen (secondary N) is 1. The van der Waals surface area contributed by atoms with E-state index in [1.807, 2.05) is 36.4 Å². The fourth-order valence-corrected chi connectivity index (χ4v) is 2.56. The van der Waals surface area contributed by atoms with Gasteiger partial charge >= 0.3 is 5.97 Å². The molecular weight excluding hydrogens is 266 g/mol. The van der Waals surface area contributed by atoms with Gasteiger partial charge in [0.15, 0.2) is 5.65 Å². The molecule has 1 N–H and O–H groups in total. The number of aromatic nitrogens is 3. The van der Waals surface area contributed by atoms with E-state index in [0.29, 0.717) is 16.7 Å². The van der Waals surface area contributed by atoms with Gasteiger partial charge in [0.25, 0.3) is 0 Å². The van der Waals surface area contributed by atoms with Crippen LogP contribution in [-0.2, 0) is 4.74 Å². The van der Waals surface area contributed by atoms with Crippen molar-refractivity contribution in [3.05, 3.63) is 48.0 Å². The lowest BCUT2D eigenvalue weighted by Gasteiger charge is -1.99. The molecule has 5 heteroatoms. The highest BCUT2D eigenvalue weighted by molar-refractivity contribution is 6.12. The van der Waals surface area contributed by atoms with Crippen LogP contribution in [0, 0.1) is 0 Å². The van der Waals surface area contributed by atoms with Crippen molar-refractivity contribution in [1.82, 2.24) is 15.0 Å². The highest BCUT2D eigenvalue weighted by Gasteiger charge is 2.15. The standard InChI is InChI=1S/C16H11N3O2/c1-21-16(20)10-6-4-5-9-13(10)19-15-14(9)17-11-7-2-3-8-12(11)18-15/h2-8H,1H3,(H,18,19). The van der Waals surface area contributed by atoms with Gasteiger partial charge in [-0.2, -0.15) is 0 Å². The van der Waals surface area contributed by atoms with E-state index in [1.54, 1.807) is 6.07 Å². The first-order chi connectivity index (χ1) is 10.3. The van der Waals surface area contributed by atoms with Crippen LogP contribution < -0.4 is 0 Å². The topological polar surface area (TPSA) is 67.9 Å². The lowest BCUT2D eigenvalue weighted by Crippen LogP contribution is -2.01. The molecule has 4 aromatic rings. The molecule has 21 heavy (non-hydrogen) atoms. The first kappa shape index (κ1) is 11.8. The van der Waals surface area contributed by atoms with Gasteiger partial charge in [-0.25, -0.2) is 14.8 Å². The SMILES string of the molecule is COC(=O)c1cccc2c1[nH]c1nc3ccccc3nc12. The molecule has 0 unspecified atom stereocenters. The zero-order chi connectivity index (χ0) is 14.4. The summed E-state index contributed by atoms with van der Waals surface area (Å²) in [4.78, 5) is 24.3. The minimum atomic E-state index is -0.378. The van der Waals surface area contributed by atoms with Gasteiger partial charge in [-0.15, -0.1) is 0 Å². The number of hydrogen-bond acceptors (Lipinski definition) is 4. The fourth-order valence-electron chi connectivity index (χ4n) is 2.56. The minimum Gasteiger partial charge on any atom is -0.465 e. The summed E-state index contributed by atoms with van der Waals surface area (Å²) in [6, 6.07) is 13.1. The van der Waals surface area contributed by atoms with Crippen LogP contribution in [0.3, 0.4) is 0 Å². The Balaban J connectivity index is 2.15. The molecule has 0 aliphatic rings. The number of nitrogens with zero attached hydrogens (tertiary/aromatic N) is 2. The summed E-state index contributed by atoms with van der Waals surface area (Å²) in [5.74, 6) is -0.378. The largest absolute Gasteiger partial charge is 0.465 e. The quantitative estimate of drug-likeness (QED) is 0.543. The Morgan fingerprint density at radius 3 is 2.57 bits per heavy atom. The normalized spacial score (nSPS) is 11.3. The van der Waals surface area contributed by atoms with Gasteiger partial charge in [-0.1, -0.05) is 24.3 Å². The molecule has 0 atom stereocenters. The number of hydrogen-bond donors (Lipinski definition) is 1. The number of methoxy groups -OCH3 is 1. The van der Waals surface area contributed by atoms with Crippen LogP contribution in [0.15, 0.2) is 42.5 Å². The van der Waals surface area contributed by atoms with E-state index in [9.17, 15) is 4.79 Å². The zero-order valence-corrected chi connectivity index (χ0v) is 11.3. The highest BCUT2D eigenvalue weighted by atomic mass is 16.5. The fraction of sp³-hybridized carbons (Fsp3) is 0.0625. The van der Waals surface area contributed by atoms with Crippen molar-refractivity contribution in [1.29, 1.82) is 0 Å². The minimum absolute atomic E-state index is 0.378. The maximum absolute atomic E-state index is 11.9. The molecule has 2 aromatic carbocycles. The van der Waals surface area contributed by atoms with Crippen molar-refractivity contribution < 1.29 is 9.53 Å². The molecule has 0 saturated heterocycles. The average molecular weight is 277 g/mol. The molecule has 0 aliphatic carbocycles. The second-order valence-electron chi connectivity index (χ2n) is 4.75. The third kappa shape index (κ3) is 1.67. The van der Waals surface area contributed by atoms with Gasteiger partial charge < -0.3 is 9.72 Å². The van der Waals surface area contributed by atoms with E-state index in [-0.39, 0.29) is 5.97 Å². The molecule has 102 valence electrons. The number of benzene rings is 2. The van der Waals surface area contributed by atoms with Gasteiger partial charge in [0.1, 0.15) is 5.52 Å². The molecule has 0 amide bonds. The summed E-state index contributed by atoms with van der Waals surface area (Å²) >= 11 is 0. The predicted molar refractivity (Wildman–Crippen MR) is 80.2 cm³/mol. The van der Waals surface area contributed by atoms with E-state index in [0.717, 1.165) is 21.9 Å². The van der Waals surface area contributed by atoms with Gasteiger partial charge in [-0.05, 0) is 18.2 Å². The van der Waals surface area contributed by atoms with Gasteiger partial charge in [0.05, 0.1) is 29.2 Å². The van der Waals surface area contributed by atoms with E-state index in [1.165, 1.54) is 7.11 Å². The molecule has 0 fully saturated rings. The molecule has 0 bridgehead atoms. The molecule has 0 radical (unpaired) electrons. The van der Waals surface area contributed by atoms with Crippen LogP contribution in [0.1, 0.15) is 10.4 Å². The third-order valence-corrected chi connectivity index (χ3v) is 3.54. The monoisotopic (exact) mass is 277 g/mol. The van der Waals surface area contributed by atoms with Crippen molar-refractivity contribution >= 4 is 39.1 Å². The summed E-state index contributed by atoms with van der Waals surface area (Å²) in [6.45, 7) is 0. The molecule has 2 heterocycles. The molecule has 0 saturated carbocycles. The van der Waals surface area contributed by atoms with E-state index in [2.05, 4.69) is 15.0 Å². The smallest absolute Gasteiger partial charge is 0.339 e. The molecule has 2 aromatic heterocycles. The summed E-state index contributed by atoms with van der Waals surface area (Å²) in [5.41, 5.74) is 4.26. The number of rotatable bonds is 1. The van der Waals surface area contributed by atoms with Gasteiger partial charge in [0.2, 0.25) is 0 Å². The first-order valence-corrected chi connectivity index (χ1v) is 6.53. The lowest BCUT2D eigenvalue weighted by atomic mass is 10.1. The number of para-hydroxylation sites is 3. The van der Waals surface area contributed by atoms with E-state index < -0.39 is 0 Å². The van der Waals surface area contributed by atoms with E-state index >= 15 is 0 Å². The number of fused-ring (bicyclic) bond motifs is 4. The lowest BCUT2D eigenvalue weighted by molar-refractivity contribution is 0.0603. The summed E-state index contributed by atoms with van der Waals surface area (Å²) in [7, 11) is 1.37. The van der Waals surface area contributed by atoms with Crippen molar-refractivity contribution in [2.45, 2.75) is 0 Å². The van der Waals surface area contributed by atoms with Gasteiger partial charge in [-0.3, -0.25) is 0 Å². The van der Waals surface area contributed by atoms with Crippen LogP contribution in [-0.4, -0.2) is 28.0 Å². The molecule has 4 rings (SSSR count). The Labute approximate surface area is 119 Å². The van der Waals surface area contributed by atoms with Crippen LogP contribution >= 0.6 is 0 Å². The first-order valence-electron chi connectivity index (χ1n) is 6.53. The Hall–Kier alpha value is -2.95. The Kier molecular flexibility index (Phi) is 2.41. The predicted octanol–water partition coefficient (Wildman–Crippen LogP) is 3.05. The Morgan fingerprint density at radius 2 is 1.81 bits per heavy atom. The highest BCUT2D eigenvalue weighted by Crippen LogP contribution is 2.27. The van der Waals surface area contributed by atoms with Crippen molar-refractivity contribution in [3.8, 4) is 0 Å². The zero-order valence-electron chi connectivity index (χ0n) is 11.3. The average Bonchev–Trinajstić information content (AvgIpc) is 2.89. The number of carbonyl (C=O) groups is 1. The Morgan fingerprint density at radius 1 is 1.05 bits per heavy atom. The second kappa shape index (κ2) is 4.28. The van der Waals surface area contributed by atoms with Gasteiger partial charge in [0, 0.05) is 5.39 Å². The van der Waals surface area contributed by atoms with Crippen molar-refractivity contribution in [2.24, 2.45) is 0 Å². The summed E-state index contributed by atoms with van der Waals surface area (Å²) in [6.07, 6.45) is 0. The van der Waals surface area contributed by atoms with Crippen LogP contribution in [0.25, 0.3) is 33.1 Å². The number of ether oxygens (including phenoxy) is 1. The molecular formula is C16H11N3O2. The van der Waals surface area contributed by atoms with Crippen LogP contribution in [0.2, 0.25) is 0 Å². The molecule has 5 nitrogen and oxygen atoms in total. The van der Waals surface area contributed by atoms with E-state index in [4.69, 9.17) is 4.74 Å². The third-order valence-electron chi connectivity index (χ3n) is 3.54. The van der Waals surface area contributed by atoms with Crippen molar-refractivity contribution in [2.75, 3.05) is 7.11 Å². The van der Waals surface area contributed by atoms with Crippen LogP contribution in [0.5, 0.6) is 0 Å². The second-order valence-corrected chi connectivity index (χ2v) is 4.75. The summed E-state index contributed by atoms with van der Waals surface area (Å²) in [5, 5.41) is 0.867. The molecule has 0 aliphatic heterocycles. The molecule has 0 spiro atoms. The number of aromatic amines is 1. The summed E-state index contributed by atoms with van der Waals surface area (Å²) < 4.78 is 4.82. The maximum Gasteiger partial charge on any atom is 0.339 e. The number of carbonyl (C=O) groups excluding carboxylic acids is 1. The maximum atomic E-state index is 11.9. The van der Waals surface area contributed by atoms with Crippen LogP contribution in [0.4, 0.5) is 0 Å².